The molecule has 0 bridgehead atoms. The van der Waals surface area contributed by atoms with Crippen LogP contribution >= 0.6 is 0 Å². The third kappa shape index (κ3) is 4.80. The van der Waals surface area contributed by atoms with Crippen molar-refractivity contribution in [1.29, 1.82) is 0 Å². The molecule has 0 N–H and O–H groups in total. The van der Waals surface area contributed by atoms with E-state index in [-0.39, 0.29) is 20.1 Å². The van der Waals surface area contributed by atoms with Crippen LogP contribution in [-0.4, -0.2) is 9.55 Å². The van der Waals surface area contributed by atoms with Gasteiger partial charge in [-0.25, -0.2) is 0 Å². The number of aromatic nitrogens is 2. The topological polar surface area (TPSA) is 31.0 Å². The molecule has 0 fully saturated rings. The number of imidazole rings is 1. The number of hydrogen-bond donors (Lipinski definition) is 0. The smallest absolute Gasteiger partial charge is 0.135 e. The summed E-state index contributed by atoms with van der Waals surface area (Å²) in [5, 5.41) is 2.29. The predicted octanol–water partition coefficient (Wildman–Crippen LogP) is 8.94. The van der Waals surface area contributed by atoms with E-state index in [4.69, 9.17) is 9.40 Å². The molecule has 6 aromatic rings. The maximum atomic E-state index is 6.12. The molecule has 6 rings (SSSR count). The molecule has 37 heavy (non-hydrogen) atoms. The van der Waals surface area contributed by atoms with Crippen LogP contribution in [0, 0.1) is 13.0 Å². The van der Waals surface area contributed by atoms with Gasteiger partial charge in [0, 0.05) is 54.5 Å². The van der Waals surface area contributed by atoms with Crippen LogP contribution in [0.5, 0.6) is 0 Å². The quantitative estimate of drug-likeness (QED) is 0.126. The molecule has 0 aliphatic carbocycles. The molecule has 0 saturated heterocycles. The molecule has 0 saturated carbocycles. The van der Waals surface area contributed by atoms with E-state index in [1.54, 1.807) is 0 Å². The van der Waals surface area contributed by atoms with Crippen molar-refractivity contribution in [3.8, 4) is 28.2 Å². The Morgan fingerprint density at radius 2 is 1.73 bits per heavy atom. The number of unbranched alkanes of at least 4 members (excludes halogenated alkanes) is 2. The van der Waals surface area contributed by atoms with Gasteiger partial charge in [-0.1, -0.05) is 50.1 Å². The minimum absolute atomic E-state index is 0. The van der Waals surface area contributed by atoms with Gasteiger partial charge in [0.1, 0.15) is 11.2 Å². The Bertz CT molecular complexity index is 1660. The summed E-state index contributed by atoms with van der Waals surface area (Å²) >= 11 is 0. The largest absolute Gasteiger partial charge is 0.456 e. The monoisotopic (exact) mass is 662 g/mol. The van der Waals surface area contributed by atoms with Gasteiger partial charge < -0.3 is 8.98 Å². The number of rotatable bonds is 7. The molecule has 0 amide bonds. The first kappa shape index (κ1) is 25.2. The summed E-state index contributed by atoms with van der Waals surface area (Å²) in [6, 6.07) is 30.9. The summed E-state index contributed by atoms with van der Waals surface area (Å²) < 4.78 is 8.33. The molecular weight excluding hydrogens is 633 g/mol. The first-order valence-corrected chi connectivity index (χ1v) is 12.8. The van der Waals surface area contributed by atoms with Gasteiger partial charge in [-0.3, -0.25) is 4.98 Å². The fraction of sp³-hybridized carbons (Fsp3) is 0.182. The number of fused-ring (bicyclic) bond motifs is 3. The molecule has 0 unspecified atom stereocenters. The number of benzene rings is 4. The number of hydrogen-bond acceptors (Lipinski definition) is 2. The Balaban J connectivity index is 0.00000280. The molecule has 0 atom stereocenters. The number of aryl methyl sites for hydroxylation is 2. The first-order chi connectivity index (χ1) is 17.7. The summed E-state index contributed by atoms with van der Waals surface area (Å²) in [5.41, 5.74) is 8.99. The second-order valence-corrected chi connectivity index (χ2v) is 9.47. The van der Waals surface area contributed by atoms with Crippen molar-refractivity contribution >= 4 is 21.9 Å². The normalized spacial score (nSPS) is 11.2. The van der Waals surface area contributed by atoms with E-state index >= 15 is 0 Å². The number of para-hydroxylation sites is 1. The molecule has 0 aliphatic heterocycles. The molecule has 0 spiro atoms. The van der Waals surface area contributed by atoms with Crippen LogP contribution in [0.4, 0.5) is 0 Å². The average molecular weight is 662 g/mol. The Morgan fingerprint density at radius 3 is 2.57 bits per heavy atom. The number of nitrogens with zero attached hydrogens (tertiary/aromatic N) is 2. The van der Waals surface area contributed by atoms with Crippen LogP contribution in [-0.2, 0) is 26.5 Å². The van der Waals surface area contributed by atoms with Crippen molar-refractivity contribution in [1.82, 2.24) is 9.55 Å². The Kier molecular flexibility index (Phi) is 7.41. The van der Waals surface area contributed by atoms with Gasteiger partial charge >= 0.3 is 0 Å². The van der Waals surface area contributed by atoms with Crippen molar-refractivity contribution in [2.24, 2.45) is 0 Å². The maximum absolute atomic E-state index is 6.12. The van der Waals surface area contributed by atoms with Gasteiger partial charge in [-0.05, 0) is 60.7 Å². The van der Waals surface area contributed by atoms with Crippen molar-refractivity contribution in [3.05, 3.63) is 108 Å². The third-order valence-electron chi connectivity index (χ3n) is 6.95. The van der Waals surface area contributed by atoms with Crippen molar-refractivity contribution < 1.29 is 24.5 Å². The predicted molar refractivity (Wildman–Crippen MR) is 149 cm³/mol. The van der Waals surface area contributed by atoms with Crippen LogP contribution in [0.3, 0.4) is 0 Å². The zero-order valence-electron chi connectivity index (χ0n) is 21.1. The summed E-state index contributed by atoms with van der Waals surface area (Å²) in [6.45, 7) is 4.47. The fourth-order valence-corrected chi connectivity index (χ4v) is 5.23. The van der Waals surface area contributed by atoms with Crippen LogP contribution in [0.1, 0.15) is 37.3 Å². The maximum Gasteiger partial charge on any atom is 0.135 e. The molecular formula is C33H29IrN2O-. The molecule has 3 nitrogen and oxygen atoms in total. The Labute approximate surface area is 231 Å². The SMILES string of the molecule is CCCCCc1cc(C)c(-n2ccnc2-c2[c-]cccc2)c(-c2ccc3oc4ccccc4c3c2)c1.[Ir]. The standard InChI is InChI=1S/C33H29N2O.Ir/c1-3-4-6-11-24-20-23(2)32(35-19-18-34-33(35)25-12-7-5-8-13-25)28(21-24)26-16-17-31-29(22-26)27-14-9-10-15-30(27)36-31;/h5,7-10,12,14-22H,3-4,6,11H2,1-2H3;/q-1;. The second kappa shape index (κ2) is 10.9. The number of furan rings is 1. The van der Waals surface area contributed by atoms with Crippen LogP contribution in [0.15, 0.2) is 95.7 Å². The molecule has 0 aliphatic rings. The van der Waals surface area contributed by atoms with E-state index in [1.165, 1.54) is 41.5 Å². The summed E-state index contributed by atoms with van der Waals surface area (Å²) in [4.78, 5) is 4.72. The minimum Gasteiger partial charge on any atom is -0.456 e. The molecule has 2 aromatic heterocycles. The molecule has 187 valence electrons. The van der Waals surface area contributed by atoms with E-state index in [2.05, 4.69) is 79.2 Å². The molecule has 1 radical (unpaired) electrons. The van der Waals surface area contributed by atoms with E-state index in [9.17, 15) is 0 Å². The third-order valence-corrected chi connectivity index (χ3v) is 6.95. The molecule has 4 heteroatoms. The molecule has 2 heterocycles. The summed E-state index contributed by atoms with van der Waals surface area (Å²) in [6.07, 6.45) is 8.70. The van der Waals surface area contributed by atoms with Crippen molar-refractivity contribution in [3.63, 3.8) is 0 Å². The average Bonchev–Trinajstić information content (AvgIpc) is 3.53. The van der Waals surface area contributed by atoms with Gasteiger partial charge in [0.15, 0.2) is 0 Å². The van der Waals surface area contributed by atoms with Gasteiger partial charge in [0.05, 0.1) is 5.82 Å². The first-order valence-electron chi connectivity index (χ1n) is 12.8. The Hall–Kier alpha value is -3.46. The second-order valence-electron chi connectivity index (χ2n) is 9.47. The van der Waals surface area contributed by atoms with E-state index in [0.717, 1.165) is 45.4 Å². The summed E-state index contributed by atoms with van der Waals surface area (Å²) in [5.74, 6) is 0.897. The Morgan fingerprint density at radius 1 is 0.892 bits per heavy atom. The van der Waals surface area contributed by atoms with Gasteiger partial charge in [0.2, 0.25) is 0 Å². The fourth-order valence-electron chi connectivity index (χ4n) is 5.23. The molecule has 4 aromatic carbocycles. The van der Waals surface area contributed by atoms with Gasteiger partial charge in [-0.2, -0.15) is 0 Å². The zero-order valence-corrected chi connectivity index (χ0v) is 23.5. The minimum atomic E-state index is 0. The van der Waals surface area contributed by atoms with E-state index < -0.39 is 0 Å². The van der Waals surface area contributed by atoms with Gasteiger partial charge in [0.25, 0.3) is 0 Å². The van der Waals surface area contributed by atoms with Crippen LogP contribution in [0.2, 0.25) is 0 Å². The van der Waals surface area contributed by atoms with Crippen molar-refractivity contribution in [2.45, 2.75) is 39.5 Å². The van der Waals surface area contributed by atoms with Crippen LogP contribution < -0.4 is 0 Å². The van der Waals surface area contributed by atoms with Crippen molar-refractivity contribution in [2.75, 3.05) is 0 Å². The van der Waals surface area contributed by atoms with E-state index in [0.29, 0.717) is 0 Å². The van der Waals surface area contributed by atoms with Crippen LogP contribution in [0.25, 0.3) is 50.1 Å². The van der Waals surface area contributed by atoms with Gasteiger partial charge in [-0.15, -0.1) is 35.9 Å². The van der Waals surface area contributed by atoms with E-state index in [1.807, 2.05) is 36.5 Å². The summed E-state index contributed by atoms with van der Waals surface area (Å²) in [7, 11) is 0. The zero-order chi connectivity index (χ0) is 24.5.